The number of ether oxygens (including phenoxy) is 2. The predicted molar refractivity (Wildman–Crippen MR) is 119 cm³/mol. The van der Waals surface area contributed by atoms with Crippen LogP contribution >= 0.6 is 0 Å². The van der Waals surface area contributed by atoms with Gasteiger partial charge in [0, 0.05) is 51.9 Å². The lowest BCUT2D eigenvalue weighted by atomic mass is 10.1. The number of hydrogen-bond donors (Lipinski definition) is 2. The van der Waals surface area contributed by atoms with Crippen LogP contribution in [0.4, 0.5) is 5.69 Å². The van der Waals surface area contributed by atoms with Crippen molar-refractivity contribution < 1.29 is 9.47 Å². The van der Waals surface area contributed by atoms with E-state index < -0.39 is 0 Å². The van der Waals surface area contributed by atoms with Crippen LogP contribution in [0.2, 0.25) is 0 Å². The molecule has 6 heteroatoms. The average molecular weight is 397 g/mol. The Kier molecular flexibility index (Phi) is 7.36. The Bertz CT molecular complexity index is 812. The molecule has 2 aromatic rings. The molecule has 1 atom stereocenters. The normalized spacial score (nSPS) is 16.6. The van der Waals surface area contributed by atoms with Crippen molar-refractivity contribution in [2.24, 2.45) is 4.99 Å². The summed E-state index contributed by atoms with van der Waals surface area (Å²) in [5.74, 6) is 1.68. The molecule has 0 saturated carbocycles. The van der Waals surface area contributed by atoms with Crippen LogP contribution in [-0.2, 0) is 17.8 Å². The monoisotopic (exact) mass is 396 g/mol. The van der Waals surface area contributed by atoms with Crippen LogP contribution in [0.25, 0.3) is 0 Å². The number of nitrogens with zero attached hydrogens (tertiary/aromatic N) is 2. The Balaban J connectivity index is 1.56. The van der Waals surface area contributed by atoms with Crippen molar-refractivity contribution in [3.63, 3.8) is 0 Å². The highest BCUT2D eigenvalue weighted by molar-refractivity contribution is 5.79. The fourth-order valence-electron chi connectivity index (χ4n) is 3.20. The van der Waals surface area contributed by atoms with Gasteiger partial charge in [-0.25, -0.2) is 0 Å². The third kappa shape index (κ3) is 6.12. The second-order valence-electron chi connectivity index (χ2n) is 7.55. The summed E-state index contributed by atoms with van der Waals surface area (Å²) >= 11 is 0. The SMILES string of the molecule is CN=C(NCc1ccc(N(C)C)cc1)NCc1ccc(C)cc1OC1CCOC1. The Morgan fingerprint density at radius 3 is 2.55 bits per heavy atom. The summed E-state index contributed by atoms with van der Waals surface area (Å²) in [7, 11) is 5.87. The van der Waals surface area contributed by atoms with Crippen LogP contribution in [0, 0.1) is 6.92 Å². The van der Waals surface area contributed by atoms with Gasteiger partial charge in [0.25, 0.3) is 0 Å². The second-order valence-corrected chi connectivity index (χ2v) is 7.55. The van der Waals surface area contributed by atoms with E-state index in [9.17, 15) is 0 Å². The second kappa shape index (κ2) is 10.2. The van der Waals surface area contributed by atoms with E-state index in [0.29, 0.717) is 19.7 Å². The number of aliphatic imine (C=N–C) groups is 1. The molecule has 1 unspecified atom stereocenters. The van der Waals surface area contributed by atoms with Crippen LogP contribution in [0.15, 0.2) is 47.5 Å². The molecule has 3 rings (SSSR count). The first-order valence-corrected chi connectivity index (χ1v) is 10.1. The molecule has 29 heavy (non-hydrogen) atoms. The van der Waals surface area contributed by atoms with Crippen molar-refractivity contribution in [1.82, 2.24) is 10.6 Å². The summed E-state index contributed by atoms with van der Waals surface area (Å²) in [5, 5.41) is 6.76. The van der Waals surface area contributed by atoms with Crippen LogP contribution in [0.5, 0.6) is 5.75 Å². The largest absolute Gasteiger partial charge is 0.488 e. The summed E-state index contributed by atoms with van der Waals surface area (Å²) in [6, 6.07) is 14.8. The van der Waals surface area contributed by atoms with E-state index in [-0.39, 0.29) is 6.10 Å². The molecule has 2 N–H and O–H groups in total. The molecule has 0 amide bonds. The van der Waals surface area contributed by atoms with E-state index in [2.05, 4.69) is 69.9 Å². The summed E-state index contributed by atoms with van der Waals surface area (Å²) in [6.07, 6.45) is 1.08. The fraction of sp³-hybridized carbons (Fsp3) is 0.435. The molecule has 1 aliphatic heterocycles. The molecule has 1 heterocycles. The minimum Gasteiger partial charge on any atom is -0.488 e. The van der Waals surface area contributed by atoms with Crippen molar-refractivity contribution in [1.29, 1.82) is 0 Å². The molecular formula is C23H32N4O2. The number of anilines is 1. The van der Waals surface area contributed by atoms with Crippen molar-refractivity contribution in [3.05, 3.63) is 59.2 Å². The Hall–Kier alpha value is -2.73. The zero-order valence-electron chi connectivity index (χ0n) is 17.9. The number of benzene rings is 2. The Labute approximate surface area is 173 Å². The maximum Gasteiger partial charge on any atom is 0.191 e. The number of nitrogens with one attached hydrogen (secondary N) is 2. The van der Waals surface area contributed by atoms with E-state index in [0.717, 1.165) is 30.3 Å². The van der Waals surface area contributed by atoms with E-state index in [1.165, 1.54) is 16.8 Å². The third-order valence-corrected chi connectivity index (χ3v) is 4.99. The van der Waals surface area contributed by atoms with Crippen LogP contribution in [-0.4, -0.2) is 46.4 Å². The van der Waals surface area contributed by atoms with Gasteiger partial charge in [0.2, 0.25) is 0 Å². The van der Waals surface area contributed by atoms with Gasteiger partial charge in [0.1, 0.15) is 11.9 Å². The molecule has 0 aliphatic carbocycles. The van der Waals surface area contributed by atoms with E-state index in [1.54, 1.807) is 7.05 Å². The number of rotatable bonds is 7. The smallest absolute Gasteiger partial charge is 0.191 e. The zero-order valence-corrected chi connectivity index (χ0v) is 17.9. The molecule has 2 aromatic carbocycles. The molecule has 0 bridgehead atoms. The highest BCUT2D eigenvalue weighted by Crippen LogP contribution is 2.23. The van der Waals surface area contributed by atoms with Gasteiger partial charge in [-0.2, -0.15) is 0 Å². The Morgan fingerprint density at radius 2 is 1.90 bits per heavy atom. The van der Waals surface area contributed by atoms with Crippen molar-refractivity contribution in [2.45, 2.75) is 32.5 Å². The molecule has 0 spiro atoms. The minimum absolute atomic E-state index is 0.137. The van der Waals surface area contributed by atoms with Crippen molar-refractivity contribution >= 4 is 11.6 Å². The predicted octanol–water partition coefficient (Wildman–Crippen LogP) is 3.09. The molecule has 0 radical (unpaired) electrons. The molecule has 1 fully saturated rings. The Morgan fingerprint density at radius 1 is 1.14 bits per heavy atom. The van der Waals surface area contributed by atoms with Crippen molar-refractivity contribution in [2.75, 3.05) is 39.3 Å². The first-order valence-electron chi connectivity index (χ1n) is 10.1. The van der Waals surface area contributed by atoms with Crippen LogP contribution in [0.3, 0.4) is 0 Å². The first-order chi connectivity index (χ1) is 14.0. The van der Waals surface area contributed by atoms with Gasteiger partial charge in [0.15, 0.2) is 5.96 Å². The van der Waals surface area contributed by atoms with Gasteiger partial charge in [-0.15, -0.1) is 0 Å². The van der Waals surface area contributed by atoms with Gasteiger partial charge in [-0.05, 0) is 36.2 Å². The lowest BCUT2D eigenvalue weighted by molar-refractivity contribution is 0.140. The van der Waals surface area contributed by atoms with E-state index in [4.69, 9.17) is 9.47 Å². The van der Waals surface area contributed by atoms with Crippen molar-refractivity contribution in [3.8, 4) is 5.75 Å². The molecule has 1 aliphatic rings. The standard InChI is InChI=1S/C23H32N4O2/c1-17-5-8-19(22(13-17)29-21-11-12-28-16-21)15-26-23(24-2)25-14-18-6-9-20(10-7-18)27(3)4/h5-10,13,21H,11-12,14-16H2,1-4H3,(H2,24,25,26). The molecule has 6 nitrogen and oxygen atoms in total. The first kappa shape index (κ1) is 21.0. The highest BCUT2D eigenvalue weighted by Gasteiger charge is 2.18. The molecular weight excluding hydrogens is 364 g/mol. The average Bonchev–Trinajstić information content (AvgIpc) is 3.23. The summed E-state index contributed by atoms with van der Waals surface area (Å²) < 4.78 is 11.6. The van der Waals surface area contributed by atoms with Gasteiger partial charge >= 0.3 is 0 Å². The lowest BCUT2D eigenvalue weighted by Gasteiger charge is -2.18. The van der Waals surface area contributed by atoms with Gasteiger partial charge < -0.3 is 25.0 Å². The van der Waals surface area contributed by atoms with Gasteiger partial charge in [-0.3, -0.25) is 4.99 Å². The highest BCUT2D eigenvalue weighted by atomic mass is 16.5. The fourth-order valence-corrected chi connectivity index (χ4v) is 3.20. The maximum atomic E-state index is 6.18. The number of guanidine groups is 1. The summed E-state index contributed by atoms with van der Waals surface area (Å²) in [5.41, 5.74) is 4.70. The maximum absolute atomic E-state index is 6.18. The van der Waals surface area contributed by atoms with Crippen LogP contribution < -0.4 is 20.3 Å². The topological polar surface area (TPSA) is 58.1 Å². The van der Waals surface area contributed by atoms with Gasteiger partial charge in [-0.1, -0.05) is 24.3 Å². The molecule has 1 saturated heterocycles. The zero-order chi connectivity index (χ0) is 20.6. The third-order valence-electron chi connectivity index (χ3n) is 4.99. The molecule has 156 valence electrons. The van der Waals surface area contributed by atoms with Crippen LogP contribution in [0.1, 0.15) is 23.1 Å². The summed E-state index contributed by atoms with van der Waals surface area (Å²) in [6.45, 7) is 4.87. The number of hydrogen-bond acceptors (Lipinski definition) is 4. The molecule has 0 aromatic heterocycles. The van der Waals surface area contributed by atoms with E-state index in [1.807, 2.05) is 14.1 Å². The number of aryl methyl sites for hydroxylation is 1. The summed E-state index contributed by atoms with van der Waals surface area (Å²) in [4.78, 5) is 6.43. The minimum atomic E-state index is 0.137. The quantitative estimate of drug-likeness (QED) is 0.556. The lowest BCUT2D eigenvalue weighted by Crippen LogP contribution is -2.36. The van der Waals surface area contributed by atoms with E-state index >= 15 is 0 Å². The van der Waals surface area contributed by atoms with Gasteiger partial charge in [0.05, 0.1) is 13.2 Å².